The van der Waals surface area contributed by atoms with Crippen molar-refractivity contribution in [3.8, 4) is 5.75 Å². The second kappa shape index (κ2) is 7.52. The number of rotatable bonds is 7. The molecule has 0 amide bonds. The number of hydrogen-bond donors (Lipinski definition) is 1. The molecular weight excluding hydrogens is 344 g/mol. The molecule has 0 fully saturated rings. The Hall–Kier alpha value is -2.61. The van der Waals surface area contributed by atoms with Crippen molar-refractivity contribution < 1.29 is 18.1 Å². The largest absolute Gasteiger partial charge is 0.494 e. The molecule has 0 aliphatic rings. The van der Waals surface area contributed by atoms with Gasteiger partial charge in [0.05, 0.1) is 28.7 Å². The molecule has 0 saturated carbocycles. The van der Waals surface area contributed by atoms with Gasteiger partial charge in [0, 0.05) is 6.07 Å². The summed E-state index contributed by atoms with van der Waals surface area (Å²) in [6, 6.07) is 10.4. The Balaban J connectivity index is 2.31. The minimum atomic E-state index is -3.83. The minimum absolute atomic E-state index is 0.0778. The Bertz CT molecular complexity index is 863. The summed E-state index contributed by atoms with van der Waals surface area (Å²) in [5.74, 6) is 0.425. The predicted octanol–water partition coefficient (Wildman–Crippen LogP) is 3.92. The van der Waals surface area contributed by atoms with Crippen LogP contribution in [0, 0.1) is 10.1 Å². The summed E-state index contributed by atoms with van der Waals surface area (Å²) >= 11 is 0. The first-order valence-electron chi connectivity index (χ1n) is 7.73. The van der Waals surface area contributed by atoms with E-state index in [9.17, 15) is 18.5 Å². The Labute approximate surface area is 146 Å². The highest BCUT2D eigenvalue weighted by Crippen LogP contribution is 2.31. The van der Waals surface area contributed by atoms with E-state index in [1.165, 1.54) is 25.3 Å². The van der Waals surface area contributed by atoms with Crippen LogP contribution in [0.2, 0.25) is 0 Å². The number of methoxy groups -OCH3 is 1. The first-order valence-corrected chi connectivity index (χ1v) is 9.22. The molecule has 8 heteroatoms. The number of ether oxygens (including phenoxy) is 1. The Morgan fingerprint density at radius 3 is 2.36 bits per heavy atom. The van der Waals surface area contributed by atoms with Gasteiger partial charge in [0.2, 0.25) is 0 Å². The first kappa shape index (κ1) is 18.7. The summed E-state index contributed by atoms with van der Waals surface area (Å²) < 4.78 is 32.5. The average Bonchev–Trinajstić information content (AvgIpc) is 2.61. The van der Waals surface area contributed by atoms with Crippen LogP contribution in [0.5, 0.6) is 5.75 Å². The number of nitrogens with one attached hydrogen (secondary N) is 1. The molecule has 0 aliphatic carbocycles. The minimum Gasteiger partial charge on any atom is -0.494 e. The molecule has 0 saturated heterocycles. The van der Waals surface area contributed by atoms with Gasteiger partial charge >= 0.3 is 0 Å². The van der Waals surface area contributed by atoms with Crippen LogP contribution in [-0.4, -0.2) is 20.5 Å². The van der Waals surface area contributed by atoms with Gasteiger partial charge < -0.3 is 4.74 Å². The van der Waals surface area contributed by atoms with Gasteiger partial charge in [0.15, 0.2) is 0 Å². The molecule has 2 aromatic carbocycles. The van der Waals surface area contributed by atoms with E-state index in [0.717, 1.165) is 12.0 Å². The fraction of sp³-hybridized carbons (Fsp3) is 0.294. The van der Waals surface area contributed by atoms with E-state index >= 15 is 0 Å². The second-order valence-electron chi connectivity index (χ2n) is 5.63. The van der Waals surface area contributed by atoms with E-state index in [0.29, 0.717) is 5.92 Å². The average molecular weight is 364 g/mol. The van der Waals surface area contributed by atoms with Crippen molar-refractivity contribution in [2.75, 3.05) is 11.8 Å². The zero-order chi connectivity index (χ0) is 18.6. The van der Waals surface area contributed by atoms with Gasteiger partial charge in [-0.2, -0.15) is 0 Å². The molecule has 0 heterocycles. The normalized spacial score (nSPS) is 12.4. The van der Waals surface area contributed by atoms with Gasteiger partial charge in [-0.05, 0) is 36.1 Å². The van der Waals surface area contributed by atoms with E-state index in [1.807, 2.05) is 0 Å². The quantitative estimate of drug-likeness (QED) is 0.593. The summed E-state index contributed by atoms with van der Waals surface area (Å²) in [7, 11) is -2.51. The van der Waals surface area contributed by atoms with Crippen molar-refractivity contribution in [3.63, 3.8) is 0 Å². The van der Waals surface area contributed by atoms with Gasteiger partial charge in [0.25, 0.3) is 15.7 Å². The molecule has 25 heavy (non-hydrogen) atoms. The molecule has 0 aliphatic heterocycles. The van der Waals surface area contributed by atoms with Crippen molar-refractivity contribution in [1.82, 2.24) is 0 Å². The topological polar surface area (TPSA) is 98.5 Å². The fourth-order valence-corrected chi connectivity index (χ4v) is 3.36. The molecule has 2 rings (SSSR count). The maximum absolute atomic E-state index is 12.5. The van der Waals surface area contributed by atoms with Crippen molar-refractivity contribution in [1.29, 1.82) is 0 Å². The van der Waals surface area contributed by atoms with E-state index in [1.54, 1.807) is 24.3 Å². The van der Waals surface area contributed by atoms with Crippen LogP contribution >= 0.6 is 0 Å². The number of nitro benzene ring substituents is 1. The molecule has 0 aromatic heterocycles. The van der Waals surface area contributed by atoms with E-state index < -0.39 is 14.9 Å². The summed E-state index contributed by atoms with van der Waals surface area (Å²) in [5.41, 5.74) is 1.02. The van der Waals surface area contributed by atoms with Crippen LogP contribution in [0.15, 0.2) is 47.4 Å². The molecule has 0 bridgehead atoms. The predicted molar refractivity (Wildman–Crippen MR) is 95.6 cm³/mol. The van der Waals surface area contributed by atoms with Crippen LogP contribution < -0.4 is 9.46 Å². The molecule has 134 valence electrons. The summed E-state index contributed by atoms with van der Waals surface area (Å²) in [6.07, 6.45) is 0.963. The first-order chi connectivity index (χ1) is 11.8. The second-order valence-corrected chi connectivity index (χ2v) is 7.31. The SMILES string of the molecule is CCC(C)c1ccc(S(=O)(=O)Nc2ccc([N+](=O)[O-])cc2OC)cc1. The molecule has 0 radical (unpaired) electrons. The standard InChI is InChI=1S/C17H20N2O5S/c1-4-12(2)13-5-8-15(9-6-13)25(22,23)18-16-10-7-14(19(20)21)11-17(16)24-3/h5-12,18H,4H2,1-3H3. The van der Waals surface area contributed by atoms with Gasteiger partial charge in [-0.1, -0.05) is 26.0 Å². The van der Waals surface area contributed by atoms with Gasteiger partial charge in [-0.15, -0.1) is 0 Å². The lowest BCUT2D eigenvalue weighted by Gasteiger charge is -2.13. The van der Waals surface area contributed by atoms with Gasteiger partial charge in [0.1, 0.15) is 5.75 Å². The van der Waals surface area contributed by atoms with Crippen LogP contribution in [-0.2, 0) is 10.0 Å². The Morgan fingerprint density at radius 2 is 1.84 bits per heavy atom. The number of nitro groups is 1. The number of non-ortho nitro benzene ring substituents is 1. The monoisotopic (exact) mass is 364 g/mol. The Morgan fingerprint density at radius 1 is 1.20 bits per heavy atom. The van der Waals surface area contributed by atoms with Gasteiger partial charge in [-0.25, -0.2) is 8.42 Å². The number of benzene rings is 2. The van der Waals surface area contributed by atoms with Crippen LogP contribution in [0.4, 0.5) is 11.4 Å². The van der Waals surface area contributed by atoms with Crippen molar-refractivity contribution >= 4 is 21.4 Å². The van der Waals surface area contributed by atoms with Crippen molar-refractivity contribution in [2.24, 2.45) is 0 Å². The number of anilines is 1. The van der Waals surface area contributed by atoms with Crippen LogP contribution in [0.25, 0.3) is 0 Å². The lowest BCUT2D eigenvalue weighted by Crippen LogP contribution is -2.14. The smallest absolute Gasteiger partial charge is 0.273 e. The molecular formula is C17H20N2O5S. The zero-order valence-electron chi connectivity index (χ0n) is 14.2. The molecule has 2 aromatic rings. The lowest BCUT2D eigenvalue weighted by atomic mass is 9.99. The lowest BCUT2D eigenvalue weighted by molar-refractivity contribution is -0.384. The third-order valence-electron chi connectivity index (χ3n) is 4.01. The zero-order valence-corrected chi connectivity index (χ0v) is 15.0. The third-order valence-corrected chi connectivity index (χ3v) is 5.39. The van der Waals surface area contributed by atoms with Crippen LogP contribution in [0.3, 0.4) is 0 Å². The maximum atomic E-state index is 12.5. The summed E-state index contributed by atoms with van der Waals surface area (Å²) in [5, 5.41) is 10.8. The Kier molecular flexibility index (Phi) is 5.63. The van der Waals surface area contributed by atoms with E-state index in [-0.39, 0.29) is 22.0 Å². The molecule has 7 nitrogen and oxygen atoms in total. The van der Waals surface area contributed by atoms with Crippen molar-refractivity contribution in [2.45, 2.75) is 31.1 Å². The highest BCUT2D eigenvalue weighted by Gasteiger charge is 2.19. The third kappa shape index (κ3) is 4.27. The van der Waals surface area contributed by atoms with E-state index in [4.69, 9.17) is 4.74 Å². The molecule has 1 atom stereocenters. The van der Waals surface area contributed by atoms with E-state index in [2.05, 4.69) is 18.6 Å². The summed E-state index contributed by atoms with van der Waals surface area (Å²) in [6.45, 7) is 4.14. The molecule has 0 spiro atoms. The summed E-state index contributed by atoms with van der Waals surface area (Å²) in [4.78, 5) is 10.3. The fourth-order valence-electron chi connectivity index (χ4n) is 2.29. The maximum Gasteiger partial charge on any atom is 0.273 e. The molecule has 1 N–H and O–H groups in total. The van der Waals surface area contributed by atoms with Crippen molar-refractivity contribution in [3.05, 3.63) is 58.1 Å². The van der Waals surface area contributed by atoms with Crippen LogP contribution in [0.1, 0.15) is 31.7 Å². The number of sulfonamides is 1. The molecule has 1 unspecified atom stereocenters. The number of hydrogen-bond acceptors (Lipinski definition) is 5. The highest BCUT2D eigenvalue weighted by molar-refractivity contribution is 7.92. The number of nitrogens with zero attached hydrogens (tertiary/aromatic N) is 1. The van der Waals surface area contributed by atoms with Gasteiger partial charge in [-0.3, -0.25) is 14.8 Å². The highest BCUT2D eigenvalue weighted by atomic mass is 32.2.